The standard InChI is InChI=1S/C22H35N5O2/c1-5-23-21(25-16-19(28)26-22(2,3)4)24-15-17-9-11-18(12-10-17)20(29)27-13-7-6-8-14-27/h9-12H,5-8,13-16H2,1-4H3,(H,26,28)(H2,23,24,25). The van der Waals surface area contributed by atoms with Crippen molar-refractivity contribution in [3.05, 3.63) is 35.4 Å². The Morgan fingerprint density at radius 1 is 1.03 bits per heavy atom. The maximum Gasteiger partial charge on any atom is 0.253 e. The monoisotopic (exact) mass is 401 g/mol. The summed E-state index contributed by atoms with van der Waals surface area (Å²) in [5, 5.41) is 9.11. The maximum absolute atomic E-state index is 12.6. The normalized spacial score (nSPS) is 15.0. The van der Waals surface area contributed by atoms with E-state index >= 15 is 0 Å². The Morgan fingerprint density at radius 2 is 1.69 bits per heavy atom. The Bertz CT molecular complexity index is 701. The van der Waals surface area contributed by atoms with Crippen LogP contribution in [0.25, 0.3) is 0 Å². The molecule has 0 spiro atoms. The van der Waals surface area contributed by atoms with Crippen LogP contribution >= 0.6 is 0 Å². The van der Waals surface area contributed by atoms with E-state index in [2.05, 4.69) is 20.9 Å². The first-order valence-electron chi connectivity index (χ1n) is 10.5. The number of carbonyl (C=O) groups excluding carboxylic acids is 2. The van der Waals surface area contributed by atoms with E-state index in [0.717, 1.165) is 37.1 Å². The van der Waals surface area contributed by atoms with Crippen LogP contribution in [0.5, 0.6) is 0 Å². The van der Waals surface area contributed by atoms with Crippen LogP contribution in [-0.2, 0) is 11.3 Å². The highest BCUT2D eigenvalue weighted by Gasteiger charge is 2.18. The van der Waals surface area contributed by atoms with Crippen molar-refractivity contribution in [2.24, 2.45) is 4.99 Å². The number of amides is 2. The molecule has 7 heteroatoms. The number of hydrogen-bond acceptors (Lipinski definition) is 3. The molecule has 2 amide bonds. The van der Waals surface area contributed by atoms with E-state index < -0.39 is 0 Å². The molecule has 1 aromatic rings. The number of hydrogen-bond donors (Lipinski definition) is 3. The summed E-state index contributed by atoms with van der Waals surface area (Å²) in [4.78, 5) is 31.0. The molecule has 160 valence electrons. The molecular formula is C22H35N5O2. The van der Waals surface area contributed by atoms with Crippen LogP contribution in [-0.4, -0.2) is 54.4 Å². The van der Waals surface area contributed by atoms with Crippen molar-refractivity contribution in [3.63, 3.8) is 0 Å². The van der Waals surface area contributed by atoms with Crippen LogP contribution in [0.3, 0.4) is 0 Å². The average molecular weight is 402 g/mol. The van der Waals surface area contributed by atoms with Crippen molar-refractivity contribution in [1.29, 1.82) is 0 Å². The first-order valence-corrected chi connectivity index (χ1v) is 10.5. The Hall–Kier alpha value is -2.57. The third-order valence-corrected chi connectivity index (χ3v) is 4.54. The van der Waals surface area contributed by atoms with E-state index in [1.807, 2.05) is 56.9 Å². The zero-order valence-corrected chi connectivity index (χ0v) is 18.2. The largest absolute Gasteiger partial charge is 0.357 e. The lowest BCUT2D eigenvalue weighted by Gasteiger charge is -2.26. The minimum Gasteiger partial charge on any atom is -0.357 e. The number of nitrogens with one attached hydrogen (secondary N) is 3. The van der Waals surface area contributed by atoms with Crippen LogP contribution in [0.15, 0.2) is 29.3 Å². The zero-order valence-electron chi connectivity index (χ0n) is 18.2. The molecule has 2 rings (SSSR count). The molecule has 1 aromatic carbocycles. The first-order chi connectivity index (χ1) is 13.8. The molecule has 1 saturated heterocycles. The fourth-order valence-electron chi connectivity index (χ4n) is 3.17. The van der Waals surface area contributed by atoms with Crippen LogP contribution in [0.1, 0.15) is 62.9 Å². The molecule has 0 saturated carbocycles. The Balaban J connectivity index is 1.91. The smallest absolute Gasteiger partial charge is 0.253 e. The Morgan fingerprint density at radius 3 is 2.28 bits per heavy atom. The molecule has 0 aromatic heterocycles. The predicted molar refractivity (Wildman–Crippen MR) is 117 cm³/mol. The van der Waals surface area contributed by atoms with Crippen LogP contribution < -0.4 is 16.0 Å². The molecule has 0 radical (unpaired) electrons. The van der Waals surface area contributed by atoms with Gasteiger partial charge in [-0.25, -0.2) is 4.99 Å². The Labute approximate surface area is 174 Å². The Kier molecular flexibility index (Phi) is 8.49. The molecule has 3 N–H and O–H groups in total. The summed E-state index contributed by atoms with van der Waals surface area (Å²) in [5.41, 5.74) is 1.47. The van der Waals surface area contributed by atoms with Crippen molar-refractivity contribution in [2.45, 2.75) is 59.0 Å². The van der Waals surface area contributed by atoms with Gasteiger partial charge in [0.2, 0.25) is 5.91 Å². The summed E-state index contributed by atoms with van der Waals surface area (Å²) < 4.78 is 0. The van der Waals surface area contributed by atoms with Gasteiger partial charge in [0.25, 0.3) is 5.91 Å². The van der Waals surface area contributed by atoms with Gasteiger partial charge in [0.1, 0.15) is 0 Å². The number of carbonyl (C=O) groups is 2. The number of nitrogens with zero attached hydrogens (tertiary/aromatic N) is 2. The van der Waals surface area contributed by atoms with Gasteiger partial charge in [-0.3, -0.25) is 9.59 Å². The summed E-state index contributed by atoms with van der Waals surface area (Å²) in [5.74, 6) is 0.619. The molecule has 1 fully saturated rings. The van der Waals surface area contributed by atoms with Crippen molar-refractivity contribution in [1.82, 2.24) is 20.9 Å². The van der Waals surface area contributed by atoms with Crippen LogP contribution in [0, 0.1) is 0 Å². The second-order valence-corrected chi connectivity index (χ2v) is 8.40. The van der Waals surface area contributed by atoms with Crippen molar-refractivity contribution in [3.8, 4) is 0 Å². The average Bonchev–Trinajstić information content (AvgIpc) is 2.69. The van der Waals surface area contributed by atoms with Gasteiger partial charge < -0.3 is 20.9 Å². The van der Waals surface area contributed by atoms with E-state index in [9.17, 15) is 9.59 Å². The lowest BCUT2D eigenvalue weighted by atomic mass is 10.1. The first kappa shape index (κ1) is 22.7. The topological polar surface area (TPSA) is 85.8 Å². The van der Waals surface area contributed by atoms with Gasteiger partial charge in [-0.2, -0.15) is 0 Å². The van der Waals surface area contributed by atoms with Crippen molar-refractivity contribution < 1.29 is 9.59 Å². The number of guanidine groups is 1. The van der Waals surface area contributed by atoms with Gasteiger partial charge >= 0.3 is 0 Å². The van der Waals surface area contributed by atoms with E-state index in [0.29, 0.717) is 19.0 Å². The third kappa shape index (κ3) is 8.13. The highest BCUT2D eigenvalue weighted by molar-refractivity contribution is 5.94. The molecular weight excluding hydrogens is 366 g/mol. The molecule has 1 heterocycles. The maximum atomic E-state index is 12.6. The number of piperidine rings is 1. The van der Waals surface area contributed by atoms with Gasteiger partial charge in [0, 0.05) is 30.7 Å². The van der Waals surface area contributed by atoms with E-state index in [4.69, 9.17) is 0 Å². The van der Waals surface area contributed by atoms with Crippen LogP contribution in [0.2, 0.25) is 0 Å². The summed E-state index contributed by atoms with van der Waals surface area (Å²) >= 11 is 0. The van der Waals surface area contributed by atoms with E-state index in [-0.39, 0.29) is 23.9 Å². The lowest BCUT2D eigenvalue weighted by Crippen LogP contribution is -2.48. The number of likely N-dealkylation sites (tertiary alicyclic amines) is 1. The van der Waals surface area contributed by atoms with Gasteiger partial charge in [-0.15, -0.1) is 0 Å². The minimum absolute atomic E-state index is 0.0799. The van der Waals surface area contributed by atoms with Crippen molar-refractivity contribution in [2.75, 3.05) is 26.2 Å². The van der Waals surface area contributed by atoms with E-state index in [1.165, 1.54) is 6.42 Å². The number of benzene rings is 1. The van der Waals surface area contributed by atoms with Gasteiger partial charge in [0.15, 0.2) is 5.96 Å². The molecule has 0 atom stereocenters. The zero-order chi connectivity index (χ0) is 21.3. The van der Waals surface area contributed by atoms with Gasteiger partial charge in [-0.1, -0.05) is 12.1 Å². The summed E-state index contributed by atoms with van der Waals surface area (Å²) in [6.45, 7) is 10.9. The highest BCUT2D eigenvalue weighted by atomic mass is 16.2. The second-order valence-electron chi connectivity index (χ2n) is 8.40. The predicted octanol–water partition coefficient (Wildman–Crippen LogP) is 2.28. The van der Waals surface area contributed by atoms with Crippen molar-refractivity contribution >= 4 is 17.8 Å². The molecule has 0 aliphatic carbocycles. The lowest BCUT2D eigenvalue weighted by molar-refractivity contribution is -0.121. The molecule has 0 bridgehead atoms. The summed E-state index contributed by atoms with van der Waals surface area (Å²) in [6.07, 6.45) is 3.39. The molecule has 1 aliphatic rings. The van der Waals surface area contributed by atoms with E-state index in [1.54, 1.807) is 0 Å². The minimum atomic E-state index is -0.262. The fraction of sp³-hybridized carbons (Fsp3) is 0.591. The second kappa shape index (κ2) is 10.8. The molecule has 7 nitrogen and oxygen atoms in total. The third-order valence-electron chi connectivity index (χ3n) is 4.54. The molecule has 1 aliphatic heterocycles. The fourth-order valence-corrected chi connectivity index (χ4v) is 3.17. The number of rotatable bonds is 6. The SMILES string of the molecule is CCNC(=NCc1ccc(C(=O)N2CCCCC2)cc1)NCC(=O)NC(C)(C)C. The molecule has 0 unspecified atom stereocenters. The highest BCUT2D eigenvalue weighted by Crippen LogP contribution is 2.14. The number of aliphatic imine (C=N–C) groups is 1. The van der Waals surface area contributed by atoms with Gasteiger partial charge in [0.05, 0.1) is 13.1 Å². The molecule has 29 heavy (non-hydrogen) atoms. The summed E-state index contributed by atoms with van der Waals surface area (Å²) in [6, 6.07) is 7.63. The summed E-state index contributed by atoms with van der Waals surface area (Å²) in [7, 11) is 0. The quantitative estimate of drug-likeness (QED) is 0.504. The van der Waals surface area contributed by atoms with Crippen LogP contribution in [0.4, 0.5) is 0 Å². The van der Waals surface area contributed by atoms with Gasteiger partial charge in [-0.05, 0) is 64.7 Å².